The molecule has 2 heterocycles. The van der Waals surface area contributed by atoms with Crippen LogP contribution >= 0.6 is 0 Å². The maximum atomic E-state index is 4.44. The van der Waals surface area contributed by atoms with Gasteiger partial charge in [0.15, 0.2) is 0 Å². The summed E-state index contributed by atoms with van der Waals surface area (Å²) < 4.78 is 0. The Kier molecular flexibility index (Phi) is 1.54. The predicted octanol–water partition coefficient (Wildman–Crippen LogP) is 1.81. The van der Waals surface area contributed by atoms with Crippen molar-refractivity contribution in [2.75, 3.05) is 13.1 Å². The van der Waals surface area contributed by atoms with Crippen LogP contribution in [0.2, 0.25) is 0 Å². The van der Waals surface area contributed by atoms with Crippen LogP contribution in [-0.2, 0) is 0 Å². The first-order valence-corrected chi connectivity index (χ1v) is 5.08. The SMILES string of the molecule is C1=CCC=C(N2CC3C[C@@H]3C2)N=C1. The Morgan fingerprint density at radius 2 is 2.15 bits per heavy atom. The van der Waals surface area contributed by atoms with Crippen molar-refractivity contribution in [1.29, 1.82) is 0 Å². The normalized spacial score (nSPS) is 35.7. The van der Waals surface area contributed by atoms with E-state index in [-0.39, 0.29) is 0 Å². The minimum absolute atomic E-state index is 0.993. The van der Waals surface area contributed by atoms with E-state index in [2.05, 4.69) is 22.0 Å². The molecule has 0 amide bonds. The first-order chi connectivity index (χ1) is 6.43. The van der Waals surface area contributed by atoms with Gasteiger partial charge in [0.25, 0.3) is 0 Å². The number of allylic oxidation sites excluding steroid dienone is 3. The van der Waals surface area contributed by atoms with Gasteiger partial charge in [0.05, 0.1) is 0 Å². The Morgan fingerprint density at radius 3 is 3.00 bits per heavy atom. The molecule has 2 fully saturated rings. The van der Waals surface area contributed by atoms with Gasteiger partial charge < -0.3 is 4.90 Å². The van der Waals surface area contributed by atoms with Crippen molar-refractivity contribution in [3.8, 4) is 0 Å². The van der Waals surface area contributed by atoms with Gasteiger partial charge in [0.1, 0.15) is 5.82 Å². The molecular weight excluding hydrogens is 160 g/mol. The van der Waals surface area contributed by atoms with Crippen molar-refractivity contribution >= 4 is 6.21 Å². The van der Waals surface area contributed by atoms with Crippen molar-refractivity contribution in [3.63, 3.8) is 0 Å². The molecule has 0 aromatic heterocycles. The smallest absolute Gasteiger partial charge is 0.124 e. The average molecular weight is 174 g/mol. The second-order valence-electron chi connectivity index (χ2n) is 4.17. The maximum Gasteiger partial charge on any atom is 0.124 e. The summed E-state index contributed by atoms with van der Waals surface area (Å²) in [4.78, 5) is 6.87. The van der Waals surface area contributed by atoms with Crippen molar-refractivity contribution in [2.45, 2.75) is 12.8 Å². The summed E-state index contributed by atoms with van der Waals surface area (Å²) in [6.45, 7) is 2.49. The summed E-state index contributed by atoms with van der Waals surface area (Å²) in [5.74, 6) is 3.18. The highest BCUT2D eigenvalue weighted by Crippen LogP contribution is 2.46. The Hall–Kier alpha value is -1.05. The van der Waals surface area contributed by atoms with E-state index in [1.165, 1.54) is 25.3 Å². The zero-order chi connectivity index (χ0) is 8.67. The fourth-order valence-electron chi connectivity index (χ4n) is 2.28. The summed E-state index contributed by atoms with van der Waals surface area (Å²) in [6, 6.07) is 0. The second-order valence-corrected chi connectivity index (χ2v) is 4.17. The van der Waals surface area contributed by atoms with Gasteiger partial charge in [-0.05, 0) is 36.8 Å². The van der Waals surface area contributed by atoms with Crippen LogP contribution in [0.25, 0.3) is 0 Å². The highest BCUT2D eigenvalue weighted by Gasteiger charge is 2.45. The molecule has 0 radical (unpaired) electrons. The first kappa shape index (κ1) is 7.36. The third-order valence-electron chi connectivity index (χ3n) is 3.17. The largest absolute Gasteiger partial charge is 0.356 e. The quantitative estimate of drug-likeness (QED) is 0.592. The average Bonchev–Trinajstić information content (AvgIpc) is 2.85. The van der Waals surface area contributed by atoms with Crippen LogP contribution < -0.4 is 0 Å². The van der Waals surface area contributed by atoms with Crippen LogP contribution in [0.5, 0.6) is 0 Å². The Labute approximate surface area is 78.6 Å². The van der Waals surface area contributed by atoms with Crippen LogP contribution in [0.1, 0.15) is 12.8 Å². The summed E-state index contributed by atoms with van der Waals surface area (Å²) in [5, 5.41) is 0. The van der Waals surface area contributed by atoms with Crippen LogP contribution in [-0.4, -0.2) is 24.2 Å². The van der Waals surface area contributed by atoms with Gasteiger partial charge >= 0.3 is 0 Å². The van der Waals surface area contributed by atoms with Crippen LogP contribution in [0, 0.1) is 11.8 Å². The molecule has 1 saturated heterocycles. The molecule has 2 atom stereocenters. The van der Waals surface area contributed by atoms with Crippen molar-refractivity contribution < 1.29 is 0 Å². The molecular formula is C11H14N2. The summed E-state index contributed by atoms with van der Waals surface area (Å²) in [7, 11) is 0. The van der Waals surface area contributed by atoms with E-state index >= 15 is 0 Å². The van der Waals surface area contributed by atoms with Gasteiger partial charge in [0.2, 0.25) is 0 Å². The molecule has 2 nitrogen and oxygen atoms in total. The number of hydrogen-bond acceptors (Lipinski definition) is 2. The van der Waals surface area contributed by atoms with Gasteiger partial charge in [-0.25, -0.2) is 4.99 Å². The predicted molar refractivity (Wildman–Crippen MR) is 53.5 cm³/mol. The van der Waals surface area contributed by atoms with E-state index in [1.807, 2.05) is 12.3 Å². The number of fused-ring (bicyclic) bond motifs is 1. The van der Waals surface area contributed by atoms with Gasteiger partial charge in [-0.3, -0.25) is 0 Å². The fraction of sp³-hybridized carbons (Fsp3) is 0.545. The summed E-state index contributed by atoms with van der Waals surface area (Å²) in [5.41, 5.74) is 0. The van der Waals surface area contributed by atoms with Crippen LogP contribution in [0.15, 0.2) is 29.0 Å². The lowest BCUT2D eigenvalue weighted by atomic mass is 10.3. The van der Waals surface area contributed by atoms with Crippen LogP contribution in [0.4, 0.5) is 0 Å². The lowest BCUT2D eigenvalue weighted by Crippen LogP contribution is -2.21. The third-order valence-corrected chi connectivity index (χ3v) is 3.17. The van der Waals surface area contributed by atoms with Crippen molar-refractivity contribution in [1.82, 2.24) is 4.90 Å². The molecule has 1 aliphatic carbocycles. The van der Waals surface area contributed by atoms with E-state index < -0.39 is 0 Å². The monoisotopic (exact) mass is 174 g/mol. The molecule has 13 heavy (non-hydrogen) atoms. The maximum absolute atomic E-state index is 4.44. The molecule has 0 bridgehead atoms. The van der Waals surface area contributed by atoms with E-state index in [9.17, 15) is 0 Å². The minimum Gasteiger partial charge on any atom is -0.356 e. The zero-order valence-electron chi connectivity index (χ0n) is 7.69. The molecule has 0 N–H and O–H groups in total. The molecule has 2 aliphatic heterocycles. The fourth-order valence-corrected chi connectivity index (χ4v) is 2.28. The standard InChI is InChI=1S/C11H14N2/c1-2-4-11(12-5-3-1)13-7-9-6-10(9)8-13/h1,3-5,9-10H,2,6-8H2/t9-,10?/m1/s1. The van der Waals surface area contributed by atoms with Gasteiger partial charge in [-0.15, -0.1) is 0 Å². The van der Waals surface area contributed by atoms with E-state index in [1.54, 1.807) is 0 Å². The number of nitrogens with zero attached hydrogens (tertiary/aromatic N) is 2. The number of aliphatic imine (C=N–C) groups is 1. The molecule has 2 heteroatoms. The highest BCUT2D eigenvalue weighted by atomic mass is 15.2. The highest BCUT2D eigenvalue weighted by molar-refractivity contribution is 5.72. The first-order valence-electron chi connectivity index (χ1n) is 5.08. The molecule has 1 saturated carbocycles. The molecule has 0 aromatic carbocycles. The Balaban J connectivity index is 1.74. The zero-order valence-corrected chi connectivity index (χ0v) is 7.69. The Bertz CT molecular complexity index is 291. The number of rotatable bonds is 1. The van der Waals surface area contributed by atoms with Crippen molar-refractivity contribution in [2.24, 2.45) is 16.8 Å². The van der Waals surface area contributed by atoms with Gasteiger partial charge in [-0.2, -0.15) is 0 Å². The van der Waals surface area contributed by atoms with Gasteiger partial charge in [0, 0.05) is 19.3 Å². The number of piperidine rings is 1. The van der Waals surface area contributed by atoms with E-state index in [0.717, 1.165) is 18.3 Å². The minimum atomic E-state index is 0.993. The topological polar surface area (TPSA) is 15.6 Å². The number of likely N-dealkylation sites (tertiary alicyclic amines) is 1. The summed E-state index contributed by atoms with van der Waals surface area (Å²) in [6.07, 6.45) is 10.8. The third kappa shape index (κ3) is 1.30. The lowest BCUT2D eigenvalue weighted by Gasteiger charge is -2.19. The molecule has 3 rings (SSSR count). The summed E-state index contributed by atoms with van der Waals surface area (Å²) >= 11 is 0. The Morgan fingerprint density at radius 1 is 1.31 bits per heavy atom. The molecule has 0 aromatic rings. The van der Waals surface area contributed by atoms with E-state index in [0.29, 0.717) is 0 Å². The molecule has 68 valence electrons. The van der Waals surface area contributed by atoms with Crippen LogP contribution in [0.3, 0.4) is 0 Å². The molecule has 1 unspecified atom stereocenters. The second kappa shape index (κ2) is 2.72. The lowest BCUT2D eigenvalue weighted by molar-refractivity contribution is 0.378. The van der Waals surface area contributed by atoms with E-state index in [4.69, 9.17) is 0 Å². The van der Waals surface area contributed by atoms with Crippen molar-refractivity contribution in [3.05, 3.63) is 24.0 Å². The molecule has 0 spiro atoms. The van der Waals surface area contributed by atoms with Gasteiger partial charge in [-0.1, -0.05) is 6.08 Å². The molecule has 3 aliphatic rings. The number of hydrogen-bond donors (Lipinski definition) is 0.